The van der Waals surface area contributed by atoms with Crippen molar-refractivity contribution in [3.05, 3.63) is 67.0 Å². The molecule has 1 nitrogen and oxygen atoms in total. The van der Waals surface area contributed by atoms with Crippen molar-refractivity contribution in [1.82, 2.24) is 5.32 Å². The van der Waals surface area contributed by atoms with Crippen LogP contribution in [0, 0.1) is 0 Å². The van der Waals surface area contributed by atoms with Crippen molar-refractivity contribution in [3.8, 4) is 0 Å². The quantitative estimate of drug-likeness (QED) is 0.587. The molecule has 0 spiro atoms. The van der Waals surface area contributed by atoms with Crippen LogP contribution >= 0.6 is 47.8 Å². The van der Waals surface area contributed by atoms with Crippen LogP contribution in [0.25, 0.3) is 0 Å². The standard InChI is InChI=1S/C16H16Br3N/c1-2-20-16(9-11-4-3-5-12(17)8-11)14-10-13(18)6-7-15(14)19/h3-8,10,16,20H,2,9H2,1H3. The zero-order valence-corrected chi connectivity index (χ0v) is 15.9. The molecule has 1 atom stereocenters. The molecule has 4 heteroatoms. The lowest BCUT2D eigenvalue weighted by Crippen LogP contribution is -2.23. The van der Waals surface area contributed by atoms with Gasteiger partial charge in [0, 0.05) is 19.5 Å². The van der Waals surface area contributed by atoms with E-state index in [0.717, 1.165) is 26.4 Å². The average Bonchev–Trinajstić information content (AvgIpc) is 2.41. The molecule has 0 aliphatic carbocycles. The molecule has 0 amide bonds. The lowest BCUT2D eigenvalue weighted by Gasteiger charge is -2.20. The van der Waals surface area contributed by atoms with Crippen LogP contribution in [-0.4, -0.2) is 6.54 Å². The third kappa shape index (κ3) is 4.42. The van der Waals surface area contributed by atoms with Crippen LogP contribution in [0.3, 0.4) is 0 Å². The third-order valence-electron chi connectivity index (χ3n) is 3.11. The Bertz CT molecular complexity index is 584. The maximum atomic E-state index is 3.66. The summed E-state index contributed by atoms with van der Waals surface area (Å²) in [6.45, 7) is 3.08. The summed E-state index contributed by atoms with van der Waals surface area (Å²) in [7, 11) is 0. The van der Waals surface area contributed by atoms with E-state index in [2.05, 4.69) is 102 Å². The van der Waals surface area contributed by atoms with Crippen LogP contribution < -0.4 is 5.32 Å². The Balaban J connectivity index is 2.29. The molecule has 0 aliphatic rings. The summed E-state index contributed by atoms with van der Waals surface area (Å²) < 4.78 is 3.37. The maximum Gasteiger partial charge on any atom is 0.0372 e. The lowest BCUT2D eigenvalue weighted by atomic mass is 9.99. The SMILES string of the molecule is CCNC(Cc1cccc(Br)c1)c1cc(Br)ccc1Br. The van der Waals surface area contributed by atoms with Crippen LogP contribution in [-0.2, 0) is 6.42 Å². The van der Waals surface area contributed by atoms with E-state index >= 15 is 0 Å². The van der Waals surface area contributed by atoms with Gasteiger partial charge in [-0.25, -0.2) is 0 Å². The molecule has 1 N–H and O–H groups in total. The number of hydrogen-bond acceptors (Lipinski definition) is 1. The van der Waals surface area contributed by atoms with E-state index < -0.39 is 0 Å². The zero-order valence-electron chi connectivity index (χ0n) is 11.2. The average molecular weight is 462 g/mol. The molecule has 2 rings (SSSR count). The lowest BCUT2D eigenvalue weighted by molar-refractivity contribution is 0.547. The van der Waals surface area contributed by atoms with E-state index in [4.69, 9.17) is 0 Å². The fourth-order valence-electron chi connectivity index (χ4n) is 2.22. The van der Waals surface area contributed by atoms with Crippen molar-refractivity contribution in [2.45, 2.75) is 19.4 Å². The Hall–Kier alpha value is -0.160. The molecule has 0 heterocycles. The Morgan fingerprint density at radius 3 is 2.45 bits per heavy atom. The molecule has 0 aromatic heterocycles. The first kappa shape index (κ1) is 16.2. The second kappa shape index (κ2) is 7.74. The van der Waals surface area contributed by atoms with Gasteiger partial charge in [0.05, 0.1) is 0 Å². The molecule has 0 fully saturated rings. The minimum Gasteiger partial charge on any atom is -0.310 e. The Morgan fingerprint density at radius 1 is 1.00 bits per heavy atom. The molecule has 0 radical (unpaired) electrons. The first-order chi connectivity index (χ1) is 9.60. The fourth-order valence-corrected chi connectivity index (χ4v) is 3.57. The van der Waals surface area contributed by atoms with E-state index in [1.165, 1.54) is 11.1 Å². The summed E-state index contributed by atoms with van der Waals surface area (Å²) in [5.41, 5.74) is 2.60. The summed E-state index contributed by atoms with van der Waals surface area (Å²) in [5.74, 6) is 0. The normalized spacial score (nSPS) is 12.4. The maximum absolute atomic E-state index is 3.66. The van der Waals surface area contributed by atoms with E-state index in [0.29, 0.717) is 6.04 Å². The number of hydrogen-bond donors (Lipinski definition) is 1. The van der Waals surface area contributed by atoms with Gasteiger partial charge >= 0.3 is 0 Å². The first-order valence-corrected chi connectivity index (χ1v) is 8.91. The van der Waals surface area contributed by atoms with Crippen LogP contribution in [0.1, 0.15) is 24.1 Å². The molecule has 0 aliphatic heterocycles. The predicted octanol–water partition coefficient (Wildman–Crippen LogP) is 5.87. The summed E-state index contributed by atoms with van der Waals surface area (Å²) in [4.78, 5) is 0. The van der Waals surface area contributed by atoms with Gasteiger partial charge in [0.2, 0.25) is 0 Å². The summed E-state index contributed by atoms with van der Waals surface area (Å²) in [6, 6.07) is 15.1. The Kier molecular flexibility index (Phi) is 6.27. The third-order valence-corrected chi connectivity index (χ3v) is 4.82. The molecule has 20 heavy (non-hydrogen) atoms. The number of benzene rings is 2. The van der Waals surface area contributed by atoms with Gasteiger partial charge < -0.3 is 5.32 Å². The molecular weight excluding hydrogens is 446 g/mol. The summed E-state index contributed by atoms with van der Waals surface area (Å²) in [6.07, 6.45) is 0.961. The molecule has 2 aromatic rings. The minimum absolute atomic E-state index is 0.293. The van der Waals surface area contributed by atoms with Crippen LogP contribution in [0.5, 0.6) is 0 Å². The fraction of sp³-hybridized carbons (Fsp3) is 0.250. The van der Waals surface area contributed by atoms with Gasteiger partial charge in [0.1, 0.15) is 0 Å². The molecule has 0 saturated carbocycles. The molecule has 0 bridgehead atoms. The molecular formula is C16H16Br3N. The summed E-state index contributed by atoms with van der Waals surface area (Å²) in [5, 5.41) is 3.57. The van der Waals surface area contributed by atoms with Gasteiger partial charge in [-0.2, -0.15) is 0 Å². The molecule has 106 valence electrons. The highest BCUT2D eigenvalue weighted by Crippen LogP contribution is 2.29. The highest BCUT2D eigenvalue weighted by Gasteiger charge is 2.15. The van der Waals surface area contributed by atoms with Gasteiger partial charge in [-0.05, 0) is 54.4 Å². The Morgan fingerprint density at radius 2 is 1.75 bits per heavy atom. The van der Waals surface area contributed by atoms with Crippen molar-refractivity contribution in [2.24, 2.45) is 0 Å². The Labute approximate surface area is 145 Å². The molecule has 1 unspecified atom stereocenters. The van der Waals surface area contributed by atoms with E-state index in [1.807, 2.05) is 0 Å². The highest BCUT2D eigenvalue weighted by atomic mass is 79.9. The minimum atomic E-state index is 0.293. The van der Waals surface area contributed by atoms with Crippen molar-refractivity contribution < 1.29 is 0 Å². The summed E-state index contributed by atoms with van der Waals surface area (Å²) >= 11 is 10.8. The molecule has 0 saturated heterocycles. The van der Waals surface area contributed by atoms with Crippen molar-refractivity contribution in [2.75, 3.05) is 6.54 Å². The second-order valence-electron chi connectivity index (χ2n) is 4.61. The number of nitrogens with one attached hydrogen (secondary N) is 1. The van der Waals surface area contributed by atoms with E-state index in [-0.39, 0.29) is 0 Å². The van der Waals surface area contributed by atoms with E-state index in [1.54, 1.807) is 0 Å². The van der Waals surface area contributed by atoms with Crippen LogP contribution in [0.4, 0.5) is 0 Å². The van der Waals surface area contributed by atoms with Crippen LogP contribution in [0.2, 0.25) is 0 Å². The number of halogens is 3. The van der Waals surface area contributed by atoms with E-state index in [9.17, 15) is 0 Å². The van der Waals surface area contributed by atoms with Crippen molar-refractivity contribution in [1.29, 1.82) is 0 Å². The second-order valence-corrected chi connectivity index (χ2v) is 7.30. The smallest absolute Gasteiger partial charge is 0.0372 e. The van der Waals surface area contributed by atoms with Gasteiger partial charge in [-0.15, -0.1) is 0 Å². The first-order valence-electron chi connectivity index (χ1n) is 6.53. The zero-order chi connectivity index (χ0) is 14.5. The number of rotatable bonds is 5. The van der Waals surface area contributed by atoms with Crippen molar-refractivity contribution >= 4 is 47.8 Å². The van der Waals surface area contributed by atoms with Gasteiger partial charge in [-0.3, -0.25) is 0 Å². The number of likely N-dealkylation sites (N-methyl/N-ethyl adjacent to an activating group) is 1. The predicted molar refractivity (Wildman–Crippen MR) is 96.1 cm³/mol. The largest absolute Gasteiger partial charge is 0.310 e. The molecule has 2 aromatic carbocycles. The van der Waals surface area contributed by atoms with Gasteiger partial charge in [0.15, 0.2) is 0 Å². The topological polar surface area (TPSA) is 12.0 Å². The highest BCUT2D eigenvalue weighted by molar-refractivity contribution is 9.11. The monoisotopic (exact) mass is 459 g/mol. The van der Waals surface area contributed by atoms with Crippen LogP contribution in [0.15, 0.2) is 55.9 Å². The van der Waals surface area contributed by atoms with Crippen molar-refractivity contribution in [3.63, 3.8) is 0 Å². The van der Waals surface area contributed by atoms with Gasteiger partial charge in [-0.1, -0.05) is 66.8 Å². The van der Waals surface area contributed by atoms with Gasteiger partial charge in [0.25, 0.3) is 0 Å².